The summed E-state index contributed by atoms with van der Waals surface area (Å²) in [4.78, 5) is 0. The fourth-order valence-corrected chi connectivity index (χ4v) is 1.78. The molecule has 0 aliphatic rings. The normalized spacial score (nSPS) is 13.7. The molecule has 0 aromatic heterocycles. The molecule has 0 N–H and O–H groups in total. The number of methoxy groups -OCH3 is 1. The Morgan fingerprint density at radius 2 is 1.88 bits per heavy atom. The number of thiol groups is 1. The summed E-state index contributed by atoms with van der Waals surface area (Å²) in [6, 6.07) is 5.70. The third-order valence-electron chi connectivity index (χ3n) is 2.39. The molecule has 1 aromatic rings. The first-order valence-electron chi connectivity index (χ1n) is 5.30. The molecule has 1 unspecified atom stereocenters. The van der Waals surface area contributed by atoms with Crippen LogP contribution < -0.4 is 4.74 Å². The van der Waals surface area contributed by atoms with Gasteiger partial charge in [0.15, 0.2) is 10.9 Å². The van der Waals surface area contributed by atoms with Crippen molar-refractivity contribution < 1.29 is 13.1 Å². The van der Waals surface area contributed by atoms with Crippen molar-refractivity contribution in [3.8, 4) is 5.75 Å². The lowest BCUT2D eigenvalue weighted by molar-refractivity contribution is 0.415. The third-order valence-corrected chi connectivity index (χ3v) is 3.08. The summed E-state index contributed by atoms with van der Waals surface area (Å²) in [5.74, 6) is 0.596. The Kier molecular flexibility index (Phi) is 4.54. The lowest BCUT2D eigenvalue weighted by atomic mass is 9.87. The highest BCUT2D eigenvalue weighted by atomic mass is 32.2. The summed E-state index contributed by atoms with van der Waals surface area (Å²) in [6.45, 7) is 6.32. The van der Waals surface area contributed by atoms with E-state index in [1.807, 2.05) is 18.2 Å². The molecule has 0 amide bonds. The molecule has 4 nitrogen and oxygen atoms in total. The van der Waals surface area contributed by atoms with Crippen LogP contribution in [0.5, 0.6) is 5.75 Å². The van der Waals surface area contributed by atoms with Gasteiger partial charge in [0.25, 0.3) is 0 Å². The number of ether oxygens (including phenoxy) is 1. The minimum atomic E-state index is -2.03. The summed E-state index contributed by atoms with van der Waals surface area (Å²) >= 11 is 0. The molecule has 0 saturated heterocycles. The minimum Gasteiger partial charge on any atom is -0.494 e. The Bertz CT molecular complexity index is 471. The van der Waals surface area contributed by atoms with Crippen LogP contribution in [0.2, 0.25) is 0 Å². The maximum atomic E-state index is 11.3. The SMILES string of the molecule is COc1ccc(C(C)(C)C)cc1N=[SH](=O)OC. The number of nitrogens with zero attached hydrogens (tertiary/aromatic N) is 1. The Morgan fingerprint density at radius 1 is 1.24 bits per heavy atom. The first-order valence-corrected chi connectivity index (χ1v) is 6.43. The van der Waals surface area contributed by atoms with Gasteiger partial charge in [-0.1, -0.05) is 26.8 Å². The lowest BCUT2D eigenvalue weighted by Gasteiger charge is -2.19. The van der Waals surface area contributed by atoms with Crippen LogP contribution in [0.1, 0.15) is 26.3 Å². The molecular formula is C12H19NO3S. The van der Waals surface area contributed by atoms with Crippen molar-refractivity contribution >= 4 is 16.6 Å². The zero-order chi connectivity index (χ0) is 13.1. The second-order valence-electron chi connectivity index (χ2n) is 4.66. The van der Waals surface area contributed by atoms with Gasteiger partial charge in [0, 0.05) is 0 Å². The maximum Gasteiger partial charge on any atom is 0.157 e. The summed E-state index contributed by atoms with van der Waals surface area (Å²) < 4.78 is 25.1. The Hall–Kier alpha value is -1.07. The van der Waals surface area contributed by atoms with E-state index < -0.39 is 10.9 Å². The molecule has 17 heavy (non-hydrogen) atoms. The van der Waals surface area contributed by atoms with Crippen molar-refractivity contribution in [3.63, 3.8) is 0 Å². The van der Waals surface area contributed by atoms with E-state index in [1.165, 1.54) is 7.11 Å². The van der Waals surface area contributed by atoms with E-state index in [-0.39, 0.29) is 5.41 Å². The van der Waals surface area contributed by atoms with Gasteiger partial charge in [-0.3, -0.25) is 4.18 Å². The van der Waals surface area contributed by atoms with Gasteiger partial charge in [0.1, 0.15) is 11.4 Å². The van der Waals surface area contributed by atoms with Gasteiger partial charge in [0.2, 0.25) is 0 Å². The van der Waals surface area contributed by atoms with Crippen molar-refractivity contribution in [1.82, 2.24) is 0 Å². The Labute approximate surface area is 104 Å². The summed E-state index contributed by atoms with van der Waals surface area (Å²) in [5.41, 5.74) is 1.68. The third kappa shape index (κ3) is 3.71. The average Bonchev–Trinajstić information content (AvgIpc) is 2.27. The number of hydrogen-bond donors (Lipinski definition) is 1. The zero-order valence-electron chi connectivity index (χ0n) is 10.9. The minimum absolute atomic E-state index is 0.00918. The second kappa shape index (κ2) is 5.51. The van der Waals surface area contributed by atoms with Crippen molar-refractivity contribution in [2.24, 2.45) is 4.36 Å². The van der Waals surface area contributed by atoms with Gasteiger partial charge < -0.3 is 4.74 Å². The molecule has 0 aliphatic heterocycles. The molecule has 1 rings (SSSR count). The highest BCUT2D eigenvalue weighted by Crippen LogP contribution is 2.33. The molecule has 1 atom stereocenters. The van der Waals surface area contributed by atoms with Gasteiger partial charge in [-0.2, -0.15) is 4.36 Å². The monoisotopic (exact) mass is 257 g/mol. The topological polar surface area (TPSA) is 47.9 Å². The zero-order valence-corrected chi connectivity index (χ0v) is 11.7. The average molecular weight is 257 g/mol. The predicted octanol–water partition coefficient (Wildman–Crippen LogP) is 2.85. The molecule has 0 heterocycles. The van der Waals surface area contributed by atoms with Crippen molar-refractivity contribution in [2.75, 3.05) is 14.2 Å². The van der Waals surface area contributed by atoms with Crippen LogP contribution in [-0.2, 0) is 20.5 Å². The van der Waals surface area contributed by atoms with Crippen LogP contribution >= 0.6 is 0 Å². The van der Waals surface area contributed by atoms with Crippen LogP contribution in [0.25, 0.3) is 0 Å². The first-order chi connectivity index (χ1) is 7.88. The lowest BCUT2D eigenvalue weighted by Crippen LogP contribution is -2.10. The van der Waals surface area contributed by atoms with Gasteiger partial charge in [-0.25, -0.2) is 4.21 Å². The Balaban J connectivity index is 3.30. The number of rotatable bonds is 3. The molecule has 0 bridgehead atoms. The molecule has 0 spiro atoms. The summed E-state index contributed by atoms with van der Waals surface area (Å²) in [5, 5.41) is 0. The first kappa shape index (κ1) is 14.0. The van der Waals surface area contributed by atoms with Crippen LogP contribution in [0.15, 0.2) is 22.6 Å². The van der Waals surface area contributed by atoms with E-state index in [4.69, 9.17) is 4.74 Å². The highest BCUT2D eigenvalue weighted by molar-refractivity contribution is 7.69. The molecule has 1 aromatic carbocycles. The van der Waals surface area contributed by atoms with E-state index in [0.717, 1.165) is 5.56 Å². The standard InChI is InChI=1S/C12H19NO3S/c1-12(2,3)9-6-7-11(15-4)10(8-9)13-17(14)16-5/h6-8,17H,1-5H3. The molecule has 0 fully saturated rings. The quantitative estimate of drug-likeness (QED) is 0.847. The highest BCUT2D eigenvalue weighted by Gasteiger charge is 2.15. The summed E-state index contributed by atoms with van der Waals surface area (Å²) in [6.07, 6.45) is 0. The molecule has 0 radical (unpaired) electrons. The number of benzene rings is 1. The molecule has 0 saturated carbocycles. The van der Waals surface area contributed by atoms with Gasteiger partial charge in [-0.05, 0) is 23.1 Å². The molecule has 5 heteroatoms. The van der Waals surface area contributed by atoms with Gasteiger partial charge in [0.05, 0.1) is 14.2 Å². The van der Waals surface area contributed by atoms with E-state index in [9.17, 15) is 4.21 Å². The molecule has 0 aliphatic carbocycles. The predicted molar refractivity (Wildman–Crippen MR) is 70.3 cm³/mol. The second-order valence-corrected chi connectivity index (χ2v) is 5.70. The van der Waals surface area contributed by atoms with Crippen molar-refractivity contribution in [2.45, 2.75) is 26.2 Å². The molecule has 96 valence electrons. The van der Waals surface area contributed by atoms with Crippen LogP contribution in [0, 0.1) is 0 Å². The van der Waals surface area contributed by atoms with Crippen LogP contribution in [-0.4, -0.2) is 18.4 Å². The summed E-state index contributed by atoms with van der Waals surface area (Å²) in [7, 11) is 0.894. The van der Waals surface area contributed by atoms with Crippen molar-refractivity contribution in [3.05, 3.63) is 23.8 Å². The fraction of sp³-hybridized carbons (Fsp3) is 0.500. The van der Waals surface area contributed by atoms with Crippen LogP contribution in [0.4, 0.5) is 5.69 Å². The van der Waals surface area contributed by atoms with Gasteiger partial charge >= 0.3 is 0 Å². The fourth-order valence-electron chi connectivity index (χ4n) is 1.36. The van der Waals surface area contributed by atoms with Crippen molar-refractivity contribution in [1.29, 1.82) is 0 Å². The van der Waals surface area contributed by atoms with E-state index >= 15 is 0 Å². The Morgan fingerprint density at radius 3 is 2.35 bits per heavy atom. The maximum absolute atomic E-state index is 11.3. The smallest absolute Gasteiger partial charge is 0.157 e. The van der Waals surface area contributed by atoms with Gasteiger partial charge in [-0.15, -0.1) is 0 Å². The molecular weight excluding hydrogens is 238 g/mol. The van der Waals surface area contributed by atoms with E-state index in [1.54, 1.807) is 7.11 Å². The number of hydrogen-bond acceptors (Lipinski definition) is 4. The largest absolute Gasteiger partial charge is 0.494 e. The van der Waals surface area contributed by atoms with Crippen LogP contribution in [0.3, 0.4) is 0 Å². The van der Waals surface area contributed by atoms with E-state index in [0.29, 0.717) is 11.4 Å². The van der Waals surface area contributed by atoms with E-state index in [2.05, 4.69) is 29.3 Å².